The number of nitrogens with zero attached hydrogens (tertiary/aromatic N) is 2. The van der Waals surface area contributed by atoms with Crippen LogP contribution in [0.1, 0.15) is 11.1 Å². The first kappa shape index (κ1) is 29.2. The van der Waals surface area contributed by atoms with Crippen molar-refractivity contribution in [3.8, 4) is 56.6 Å². The molecule has 0 spiro atoms. The van der Waals surface area contributed by atoms with Crippen LogP contribution >= 0.6 is 11.3 Å². The summed E-state index contributed by atoms with van der Waals surface area (Å²) in [5, 5.41) is 30.2. The Morgan fingerprint density at radius 2 is 0.922 bits per heavy atom. The highest BCUT2D eigenvalue weighted by molar-refractivity contribution is 7.26. The Balaban J connectivity index is 1.33. The first-order chi connectivity index (χ1) is 25.2. The molecule has 3 heteroatoms. The normalized spacial score (nSPS) is 11.5. The van der Waals surface area contributed by atoms with E-state index in [4.69, 9.17) is 0 Å². The maximum atomic E-state index is 10.1. The van der Waals surface area contributed by atoms with E-state index in [0.29, 0.717) is 11.1 Å². The van der Waals surface area contributed by atoms with Gasteiger partial charge in [0.25, 0.3) is 0 Å². The molecule has 10 rings (SSSR count). The van der Waals surface area contributed by atoms with Crippen molar-refractivity contribution in [2.24, 2.45) is 0 Å². The van der Waals surface area contributed by atoms with E-state index in [1.165, 1.54) is 52.5 Å². The van der Waals surface area contributed by atoms with Crippen molar-refractivity contribution in [2.45, 2.75) is 0 Å². The van der Waals surface area contributed by atoms with E-state index in [0.717, 1.165) is 44.5 Å². The van der Waals surface area contributed by atoms with Gasteiger partial charge in [0.1, 0.15) is 0 Å². The molecule has 0 aliphatic carbocycles. The van der Waals surface area contributed by atoms with Crippen LogP contribution < -0.4 is 0 Å². The van der Waals surface area contributed by atoms with Gasteiger partial charge in [0.2, 0.25) is 0 Å². The summed E-state index contributed by atoms with van der Waals surface area (Å²) in [6.07, 6.45) is 0. The molecule has 0 atom stereocenters. The fourth-order valence-corrected chi connectivity index (χ4v) is 9.17. The van der Waals surface area contributed by atoms with Crippen molar-refractivity contribution in [1.82, 2.24) is 0 Å². The number of hydrogen-bond donors (Lipinski definition) is 0. The van der Waals surface area contributed by atoms with Crippen LogP contribution in [-0.2, 0) is 0 Å². The average molecular weight is 663 g/mol. The van der Waals surface area contributed by atoms with E-state index >= 15 is 0 Å². The number of thiophene rings is 1. The second kappa shape index (κ2) is 11.4. The average Bonchev–Trinajstić information content (AvgIpc) is 3.58. The van der Waals surface area contributed by atoms with Gasteiger partial charge in [-0.05, 0) is 103 Å². The zero-order valence-electron chi connectivity index (χ0n) is 27.3. The molecule has 1 heterocycles. The molecule has 1 aromatic heterocycles. The molecular formula is C48H26N2S. The highest BCUT2D eigenvalue weighted by atomic mass is 32.1. The van der Waals surface area contributed by atoms with E-state index in [9.17, 15) is 10.5 Å². The quantitative estimate of drug-likeness (QED) is 0.176. The Labute approximate surface area is 298 Å². The number of benzene rings is 9. The Morgan fingerprint density at radius 3 is 1.53 bits per heavy atom. The Morgan fingerprint density at radius 1 is 0.373 bits per heavy atom. The molecule has 51 heavy (non-hydrogen) atoms. The van der Waals surface area contributed by atoms with Gasteiger partial charge in [-0.3, -0.25) is 0 Å². The molecule has 0 bridgehead atoms. The summed E-state index contributed by atoms with van der Waals surface area (Å²) in [6, 6.07) is 60.1. The van der Waals surface area contributed by atoms with Crippen molar-refractivity contribution in [3.05, 3.63) is 169 Å². The molecule has 0 saturated heterocycles. The minimum atomic E-state index is 0.648. The number of nitriles is 2. The molecule has 0 fully saturated rings. The molecule has 234 valence electrons. The lowest BCUT2D eigenvalue weighted by atomic mass is 9.84. The zero-order chi connectivity index (χ0) is 34.1. The number of hydrogen-bond acceptors (Lipinski definition) is 3. The molecule has 0 radical (unpaired) electrons. The van der Waals surface area contributed by atoms with Crippen LogP contribution in [-0.4, -0.2) is 0 Å². The fourth-order valence-electron chi connectivity index (χ4n) is 7.95. The molecule has 2 nitrogen and oxygen atoms in total. The Bertz CT molecular complexity index is 2970. The predicted molar refractivity (Wildman–Crippen MR) is 214 cm³/mol. The van der Waals surface area contributed by atoms with E-state index in [1.54, 1.807) is 0 Å². The van der Waals surface area contributed by atoms with Crippen LogP contribution in [0.4, 0.5) is 0 Å². The van der Waals surface area contributed by atoms with Gasteiger partial charge in [0, 0.05) is 36.7 Å². The SMILES string of the molecule is N#Cc1ccc(-c2cc(-c3ccc(C#N)c(-c4ccccc4)c3)c3ccc4c5sc6ccccc6c5cc5ccc2c3c54)cc1-c1ccccc1. The van der Waals surface area contributed by atoms with Gasteiger partial charge in [0.05, 0.1) is 23.3 Å². The molecule has 0 unspecified atom stereocenters. The third kappa shape index (κ3) is 4.47. The second-order valence-electron chi connectivity index (χ2n) is 13.0. The summed E-state index contributed by atoms with van der Waals surface area (Å²) in [7, 11) is 0. The molecule has 0 saturated carbocycles. The maximum absolute atomic E-state index is 10.1. The lowest BCUT2D eigenvalue weighted by molar-refractivity contribution is 1.47. The summed E-state index contributed by atoms with van der Waals surface area (Å²) in [5.74, 6) is 0. The van der Waals surface area contributed by atoms with Crippen LogP contribution in [0.5, 0.6) is 0 Å². The van der Waals surface area contributed by atoms with Gasteiger partial charge in [-0.15, -0.1) is 11.3 Å². The summed E-state index contributed by atoms with van der Waals surface area (Å²) in [4.78, 5) is 0. The van der Waals surface area contributed by atoms with Crippen LogP contribution in [0, 0.1) is 22.7 Å². The highest BCUT2D eigenvalue weighted by Crippen LogP contribution is 2.48. The van der Waals surface area contributed by atoms with Crippen LogP contribution in [0.15, 0.2) is 158 Å². The Hall–Kier alpha value is -6.78. The van der Waals surface area contributed by atoms with Gasteiger partial charge in [-0.2, -0.15) is 10.5 Å². The molecular weight excluding hydrogens is 637 g/mol. The minimum absolute atomic E-state index is 0.648. The smallest absolute Gasteiger partial charge is 0.0998 e. The molecule has 0 N–H and O–H groups in total. The molecule has 10 aromatic rings. The van der Waals surface area contributed by atoms with Gasteiger partial charge in [-0.1, -0.05) is 115 Å². The number of rotatable bonds is 4. The van der Waals surface area contributed by atoms with E-state index in [1.807, 2.05) is 59.9 Å². The van der Waals surface area contributed by atoms with Crippen molar-refractivity contribution >= 4 is 63.8 Å². The monoisotopic (exact) mass is 662 g/mol. The van der Waals surface area contributed by atoms with Crippen molar-refractivity contribution in [3.63, 3.8) is 0 Å². The lowest BCUT2D eigenvalue weighted by Crippen LogP contribution is -1.93. The number of fused-ring (bicyclic) bond motifs is 4. The minimum Gasteiger partial charge on any atom is -0.192 e. The molecule has 0 amide bonds. The van der Waals surface area contributed by atoms with Gasteiger partial charge >= 0.3 is 0 Å². The highest BCUT2D eigenvalue weighted by Gasteiger charge is 2.21. The Kier molecular flexibility index (Phi) is 6.52. The zero-order valence-corrected chi connectivity index (χ0v) is 28.1. The third-order valence-corrected chi connectivity index (χ3v) is 11.5. The molecule has 0 aliphatic heterocycles. The topological polar surface area (TPSA) is 47.6 Å². The maximum Gasteiger partial charge on any atom is 0.0998 e. The summed E-state index contributed by atoms with van der Waals surface area (Å²) >= 11 is 1.86. The van der Waals surface area contributed by atoms with Crippen molar-refractivity contribution in [1.29, 1.82) is 10.5 Å². The van der Waals surface area contributed by atoms with Crippen LogP contribution in [0.3, 0.4) is 0 Å². The largest absolute Gasteiger partial charge is 0.192 e. The molecule has 9 aromatic carbocycles. The standard InChI is InChI=1S/C48H26N2S/c49-27-34-17-15-31(23-40(34)29-9-3-1-4-10-29)42-26-43(32-16-18-35(28-50)41(24-32)30-11-5-2-6-12-30)38-21-22-39-46-33(19-20-37(42)47(38)46)25-44-36-13-7-8-14-45(36)51-48(39)44/h1-26H. The predicted octanol–water partition coefficient (Wildman–Crippen LogP) is 13.4. The van der Waals surface area contributed by atoms with Gasteiger partial charge in [0.15, 0.2) is 0 Å². The summed E-state index contributed by atoms with van der Waals surface area (Å²) in [5.41, 5.74) is 9.47. The van der Waals surface area contributed by atoms with Crippen molar-refractivity contribution < 1.29 is 0 Å². The van der Waals surface area contributed by atoms with Crippen molar-refractivity contribution in [2.75, 3.05) is 0 Å². The fraction of sp³-hybridized carbons (Fsp3) is 0. The van der Waals surface area contributed by atoms with Gasteiger partial charge in [-0.25, -0.2) is 0 Å². The van der Waals surface area contributed by atoms with Gasteiger partial charge < -0.3 is 0 Å². The van der Waals surface area contributed by atoms with E-state index in [2.05, 4.69) is 121 Å². The first-order valence-electron chi connectivity index (χ1n) is 17.0. The van der Waals surface area contributed by atoms with Crippen LogP contribution in [0.25, 0.3) is 97.0 Å². The summed E-state index contributed by atoms with van der Waals surface area (Å²) < 4.78 is 2.60. The first-order valence-corrected chi connectivity index (χ1v) is 17.8. The summed E-state index contributed by atoms with van der Waals surface area (Å²) in [6.45, 7) is 0. The molecule has 0 aliphatic rings. The van der Waals surface area contributed by atoms with E-state index in [-0.39, 0.29) is 0 Å². The second-order valence-corrected chi connectivity index (χ2v) is 14.1. The third-order valence-electron chi connectivity index (χ3n) is 10.3. The van der Waals surface area contributed by atoms with E-state index < -0.39 is 0 Å². The van der Waals surface area contributed by atoms with Crippen LogP contribution in [0.2, 0.25) is 0 Å². The lowest BCUT2D eigenvalue weighted by Gasteiger charge is -2.19.